The van der Waals surface area contributed by atoms with Gasteiger partial charge in [0.2, 0.25) is 5.91 Å². The van der Waals surface area contributed by atoms with Gasteiger partial charge in [0.25, 0.3) is 0 Å². The Balaban J connectivity index is 1.22. The lowest BCUT2D eigenvalue weighted by Gasteiger charge is -2.23. The van der Waals surface area contributed by atoms with E-state index in [1.807, 2.05) is 23.2 Å². The van der Waals surface area contributed by atoms with Crippen molar-refractivity contribution in [3.8, 4) is 0 Å². The van der Waals surface area contributed by atoms with Crippen LogP contribution < -0.4 is 5.32 Å². The van der Waals surface area contributed by atoms with Crippen LogP contribution in [0.5, 0.6) is 0 Å². The van der Waals surface area contributed by atoms with Gasteiger partial charge in [-0.25, -0.2) is 0 Å². The Morgan fingerprint density at radius 3 is 3.00 bits per heavy atom. The Bertz CT molecular complexity index is 1000. The van der Waals surface area contributed by atoms with Gasteiger partial charge in [-0.3, -0.25) is 4.79 Å². The quantitative estimate of drug-likeness (QED) is 0.714. The van der Waals surface area contributed by atoms with E-state index in [2.05, 4.69) is 37.2 Å². The van der Waals surface area contributed by atoms with Gasteiger partial charge in [0.05, 0.1) is 0 Å². The highest BCUT2D eigenvalue weighted by Crippen LogP contribution is 2.24. The van der Waals surface area contributed by atoms with Gasteiger partial charge in [-0.1, -0.05) is 18.2 Å². The molecule has 29 heavy (non-hydrogen) atoms. The maximum Gasteiger partial charge on any atom is 0.222 e. The van der Waals surface area contributed by atoms with Crippen LogP contribution in [0.25, 0.3) is 10.9 Å². The van der Waals surface area contributed by atoms with Gasteiger partial charge >= 0.3 is 0 Å². The molecule has 2 aromatic heterocycles. The van der Waals surface area contributed by atoms with Crippen molar-refractivity contribution < 1.29 is 4.79 Å². The van der Waals surface area contributed by atoms with Gasteiger partial charge in [-0.15, -0.1) is 10.2 Å². The maximum absolute atomic E-state index is 12.9. The number of H-pyrrole nitrogens is 1. The van der Waals surface area contributed by atoms with Crippen molar-refractivity contribution in [2.24, 2.45) is 0 Å². The Kier molecular flexibility index (Phi) is 5.06. The summed E-state index contributed by atoms with van der Waals surface area (Å²) in [6.45, 7) is 4.34. The van der Waals surface area contributed by atoms with Crippen molar-refractivity contribution in [1.29, 1.82) is 0 Å². The zero-order valence-electron chi connectivity index (χ0n) is 16.7. The summed E-state index contributed by atoms with van der Waals surface area (Å²) < 4.78 is 2.27. The third kappa shape index (κ3) is 3.67. The Hall–Kier alpha value is -2.67. The van der Waals surface area contributed by atoms with Crippen LogP contribution in [-0.2, 0) is 24.2 Å². The number of para-hydroxylation sites is 1. The van der Waals surface area contributed by atoms with Gasteiger partial charge in [-0.2, -0.15) is 0 Å². The fourth-order valence-corrected chi connectivity index (χ4v) is 4.71. The van der Waals surface area contributed by atoms with Crippen molar-refractivity contribution in [2.75, 3.05) is 26.2 Å². The van der Waals surface area contributed by atoms with Gasteiger partial charge in [0, 0.05) is 62.0 Å². The molecule has 1 atom stereocenters. The molecular weight excluding hydrogens is 364 g/mol. The molecule has 7 nitrogen and oxygen atoms in total. The van der Waals surface area contributed by atoms with Gasteiger partial charge < -0.3 is 19.8 Å². The first-order valence-corrected chi connectivity index (χ1v) is 10.7. The lowest BCUT2D eigenvalue weighted by Crippen LogP contribution is -2.34. The second-order valence-corrected chi connectivity index (χ2v) is 8.16. The summed E-state index contributed by atoms with van der Waals surface area (Å²) in [6, 6.07) is 8.27. The fourth-order valence-electron chi connectivity index (χ4n) is 4.71. The number of aryl methyl sites for hydroxylation is 1. The minimum absolute atomic E-state index is 0.231. The number of aromatic amines is 1. The van der Waals surface area contributed by atoms with Crippen molar-refractivity contribution >= 4 is 16.8 Å². The topological polar surface area (TPSA) is 78.8 Å². The molecule has 1 fully saturated rings. The second-order valence-electron chi connectivity index (χ2n) is 8.16. The zero-order chi connectivity index (χ0) is 19.6. The predicted molar refractivity (Wildman–Crippen MR) is 112 cm³/mol. The molecule has 2 aliphatic heterocycles. The lowest BCUT2D eigenvalue weighted by atomic mass is 9.99. The number of nitrogens with one attached hydrogen (secondary N) is 2. The van der Waals surface area contributed by atoms with E-state index < -0.39 is 0 Å². The number of hydrogen-bond acceptors (Lipinski definition) is 4. The first-order valence-electron chi connectivity index (χ1n) is 10.7. The third-order valence-corrected chi connectivity index (χ3v) is 6.35. The van der Waals surface area contributed by atoms with E-state index in [9.17, 15) is 4.79 Å². The predicted octanol–water partition coefficient (Wildman–Crippen LogP) is 2.24. The number of carbonyl (C=O) groups excluding carboxylic acids is 1. The summed E-state index contributed by atoms with van der Waals surface area (Å²) in [4.78, 5) is 18.2. The van der Waals surface area contributed by atoms with E-state index in [-0.39, 0.29) is 5.91 Å². The first kappa shape index (κ1) is 18.4. The number of rotatable bonds is 4. The minimum Gasteiger partial charge on any atom is -0.361 e. The third-order valence-electron chi connectivity index (χ3n) is 6.35. The molecule has 0 spiro atoms. The molecule has 2 aliphatic rings. The summed E-state index contributed by atoms with van der Waals surface area (Å²) >= 11 is 0. The van der Waals surface area contributed by atoms with Crippen LogP contribution >= 0.6 is 0 Å². The van der Waals surface area contributed by atoms with E-state index in [0.717, 1.165) is 62.7 Å². The van der Waals surface area contributed by atoms with E-state index in [1.54, 1.807) is 0 Å². The molecular formula is C22H28N6O. The summed E-state index contributed by atoms with van der Waals surface area (Å²) in [7, 11) is 0. The molecule has 5 rings (SSSR count). The summed E-state index contributed by atoms with van der Waals surface area (Å²) in [5, 5.41) is 13.6. The van der Waals surface area contributed by atoms with Crippen LogP contribution in [0.15, 0.2) is 30.5 Å². The highest BCUT2D eigenvalue weighted by atomic mass is 16.2. The molecule has 7 heteroatoms. The van der Waals surface area contributed by atoms with Crippen molar-refractivity contribution in [2.45, 2.75) is 44.6 Å². The van der Waals surface area contributed by atoms with Crippen molar-refractivity contribution in [3.63, 3.8) is 0 Å². The number of carbonyl (C=O) groups is 1. The van der Waals surface area contributed by atoms with Crippen LogP contribution in [0.4, 0.5) is 0 Å². The normalized spacial score (nSPS) is 19.9. The lowest BCUT2D eigenvalue weighted by molar-refractivity contribution is -0.131. The molecule has 1 aromatic carbocycles. The van der Waals surface area contributed by atoms with E-state index >= 15 is 0 Å². The first-order chi connectivity index (χ1) is 14.3. The van der Waals surface area contributed by atoms with Crippen LogP contribution in [-0.4, -0.2) is 56.7 Å². The van der Waals surface area contributed by atoms with Crippen molar-refractivity contribution in [3.05, 3.63) is 47.7 Å². The largest absolute Gasteiger partial charge is 0.361 e. The molecule has 0 saturated carbocycles. The van der Waals surface area contributed by atoms with E-state index in [1.165, 1.54) is 23.8 Å². The SMILES string of the molecule is O=C(CCc1c[nH]c2ccccc12)N1CCc2nnc([C@H]3CCCNC3)n2CC1. The highest BCUT2D eigenvalue weighted by molar-refractivity contribution is 5.84. The van der Waals surface area contributed by atoms with Crippen LogP contribution in [0.3, 0.4) is 0 Å². The molecule has 1 saturated heterocycles. The zero-order valence-corrected chi connectivity index (χ0v) is 16.7. The van der Waals surface area contributed by atoms with Gasteiger partial charge in [-0.05, 0) is 37.4 Å². The van der Waals surface area contributed by atoms with Crippen LogP contribution in [0.2, 0.25) is 0 Å². The number of benzene rings is 1. The molecule has 2 N–H and O–H groups in total. The number of amides is 1. The molecule has 0 unspecified atom stereocenters. The number of aromatic nitrogens is 4. The summed E-state index contributed by atoms with van der Waals surface area (Å²) in [5.41, 5.74) is 2.35. The van der Waals surface area contributed by atoms with E-state index in [4.69, 9.17) is 0 Å². The standard InChI is InChI=1S/C22H28N6O/c29-21(8-7-16-15-24-19-6-2-1-5-18(16)19)27-11-9-20-25-26-22(28(20)13-12-27)17-4-3-10-23-14-17/h1-2,5-6,15,17,23-24H,3-4,7-14H2/t17-/m0/s1. The maximum atomic E-state index is 12.9. The Morgan fingerprint density at radius 1 is 1.17 bits per heavy atom. The van der Waals surface area contributed by atoms with Crippen molar-refractivity contribution in [1.82, 2.24) is 30.0 Å². The number of piperidine rings is 1. The minimum atomic E-state index is 0.231. The van der Waals surface area contributed by atoms with E-state index in [0.29, 0.717) is 12.3 Å². The summed E-state index contributed by atoms with van der Waals surface area (Å²) in [6.07, 6.45) is 6.48. The van der Waals surface area contributed by atoms with Crippen LogP contribution in [0.1, 0.15) is 42.4 Å². The monoisotopic (exact) mass is 392 g/mol. The molecule has 3 aromatic rings. The smallest absolute Gasteiger partial charge is 0.222 e. The molecule has 0 bridgehead atoms. The average Bonchev–Trinajstić information content (AvgIpc) is 3.31. The molecule has 152 valence electrons. The fraction of sp³-hybridized carbons (Fsp3) is 0.500. The molecule has 0 aliphatic carbocycles. The Labute approximate surface area is 170 Å². The average molecular weight is 393 g/mol. The highest BCUT2D eigenvalue weighted by Gasteiger charge is 2.26. The second kappa shape index (κ2) is 7.99. The summed E-state index contributed by atoms with van der Waals surface area (Å²) in [5.74, 6) is 2.79. The Morgan fingerprint density at radius 2 is 2.10 bits per heavy atom. The van der Waals surface area contributed by atoms with Gasteiger partial charge in [0.1, 0.15) is 11.6 Å². The molecule has 1 amide bonds. The number of fused-ring (bicyclic) bond motifs is 2. The molecule has 4 heterocycles. The molecule has 0 radical (unpaired) electrons. The van der Waals surface area contributed by atoms with Gasteiger partial charge in [0.15, 0.2) is 0 Å². The number of nitrogens with zero attached hydrogens (tertiary/aromatic N) is 4. The number of hydrogen-bond donors (Lipinski definition) is 2. The van der Waals surface area contributed by atoms with Crippen LogP contribution in [0, 0.1) is 0 Å².